The van der Waals surface area contributed by atoms with Crippen LogP contribution in [0.3, 0.4) is 0 Å². The van der Waals surface area contributed by atoms with Gasteiger partial charge in [-0.1, -0.05) is 18.2 Å². The molecule has 0 atom stereocenters. The minimum Gasteiger partial charge on any atom is -0.467 e. The summed E-state index contributed by atoms with van der Waals surface area (Å²) < 4.78 is 20.9. The van der Waals surface area contributed by atoms with Crippen LogP contribution in [0.15, 0.2) is 89.1 Å². The summed E-state index contributed by atoms with van der Waals surface area (Å²) in [4.78, 5) is 24.7. The molecule has 0 spiro atoms. The van der Waals surface area contributed by atoms with Crippen molar-refractivity contribution in [2.75, 3.05) is 0 Å². The molecule has 5 aromatic rings. The average Bonchev–Trinajstić information content (AvgIpc) is 3.60. The number of thiophene rings is 1. The normalized spacial score (nSPS) is 10.9. The Hall–Kier alpha value is -4.11. The fourth-order valence-electron chi connectivity index (χ4n) is 3.40. The van der Waals surface area contributed by atoms with Gasteiger partial charge in [0.1, 0.15) is 11.6 Å². The third-order valence-electron chi connectivity index (χ3n) is 4.90. The number of hydrogen-bond donors (Lipinski definition) is 0. The number of carbonyl (C=O) groups excluding carboxylic acids is 1. The predicted octanol–water partition coefficient (Wildman–Crippen LogP) is 4.97. The maximum Gasteiger partial charge on any atom is 0.294 e. The zero-order chi connectivity index (χ0) is 22.6. The molecule has 4 aromatic heterocycles. The van der Waals surface area contributed by atoms with E-state index in [1.807, 2.05) is 29.6 Å². The Kier molecular flexibility index (Phi) is 5.77. The molecule has 0 saturated carbocycles. The van der Waals surface area contributed by atoms with Crippen LogP contribution < -0.4 is 0 Å². The van der Waals surface area contributed by atoms with Gasteiger partial charge in [-0.15, -0.1) is 16.4 Å². The number of hydrogen-bond acceptors (Lipinski definition) is 6. The van der Waals surface area contributed by atoms with Gasteiger partial charge in [-0.3, -0.25) is 9.78 Å². The highest BCUT2D eigenvalue weighted by Crippen LogP contribution is 2.26. The minimum absolute atomic E-state index is 0.0121. The molecule has 0 unspecified atom stereocenters. The molecule has 7 nitrogen and oxygen atoms in total. The SMILES string of the molecule is O=C(c1nc(-c2cccs2)n(-c2cccc(F)c2)n1)N(Cc1cccnc1)Cc1ccco1. The Morgan fingerprint density at radius 1 is 1.09 bits per heavy atom. The van der Waals surface area contributed by atoms with E-state index in [-0.39, 0.29) is 18.3 Å². The van der Waals surface area contributed by atoms with Gasteiger partial charge < -0.3 is 9.32 Å². The lowest BCUT2D eigenvalue weighted by atomic mass is 10.2. The zero-order valence-electron chi connectivity index (χ0n) is 17.3. The van der Waals surface area contributed by atoms with Crippen LogP contribution >= 0.6 is 11.3 Å². The number of pyridine rings is 1. The summed E-state index contributed by atoms with van der Waals surface area (Å²) in [5.74, 6) is 0.346. The summed E-state index contributed by atoms with van der Waals surface area (Å²) in [7, 11) is 0. The van der Waals surface area contributed by atoms with Crippen molar-refractivity contribution in [2.45, 2.75) is 13.1 Å². The molecule has 0 N–H and O–H groups in total. The van der Waals surface area contributed by atoms with Crippen molar-refractivity contribution >= 4 is 17.2 Å². The fourth-order valence-corrected chi connectivity index (χ4v) is 4.10. The van der Waals surface area contributed by atoms with Crippen LogP contribution in [0.1, 0.15) is 21.9 Å². The highest BCUT2D eigenvalue weighted by atomic mass is 32.1. The Labute approximate surface area is 192 Å². The largest absolute Gasteiger partial charge is 0.467 e. The first-order chi connectivity index (χ1) is 16.2. The smallest absolute Gasteiger partial charge is 0.294 e. The van der Waals surface area contributed by atoms with E-state index >= 15 is 0 Å². The van der Waals surface area contributed by atoms with Gasteiger partial charge in [0.25, 0.3) is 5.91 Å². The molecule has 0 aliphatic carbocycles. The minimum atomic E-state index is -0.399. The molecule has 33 heavy (non-hydrogen) atoms. The number of carbonyl (C=O) groups is 1. The van der Waals surface area contributed by atoms with Crippen LogP contribution in [-0.2, 0) is 13.1 Å². The maximum atomic E-state index is 13.9. The van der Waals surface area contributed by atoms with E-state index in [0.29, 0.717) is 23.8 Å². The summed E-state index contributed by atoms with van der Waals surface area (Å²) in [5, 5.41) is 6.39. The van der Waals surface area contributed by atoms with Gasteiger partial charge in [0, 0.05) is 18.9 Å². The number of furan rings is 1. The molecule has 1 aromatic carbocycles. The second kappa shape index (κ2) is 9.17. The van der Waals surface area contributed by atoms with Crippen molar-refractivity contribution in [1.82, 2.24) is 24.6 Å². The average molecular weight is 460 g/mol. The monoisotopic (exact) mass is 459 g/mol. The molecule has 0 bridgehead atoms. The van der Waals surface area contributed by atoms with E-state index in [0.717, 1.165) is 10.4 Å². The molecular weight excluding hydrogens is 441 g/mol. The van der Waals surface area contributed by atoms with Gasteiger partial charge in [-0.05, 0) is 53.4 Å². The van der Waals surface area contributed by atoms with Gasteiger partial charge >= 0.3 is 0 Å². The summed E-state index contributed by atoms with van der Waals surface area (Å²) in [6, 6.07) is 17.1. The van der Waals surface area contributed by atoms with Crippen molar-refractivity contribution in [3.63, 3.8) is 0 Å². The summed E-state index contributed by atoms with van der Waals surface area (Å²) in [5.41, 5.74) is 1.34. The Morgan fingerprint density at radius 3 is 2.76 bits per heavy atom. The molecule has 164 valence electrons. The number of halogens is 1. The lowest BCUT2D eigenvalue weighted by Gasteiger charge is -2.20. The quantitative estimate of drug-likeness (QED) is 0.344. The zero-order valence-corrected chi connectivity index (χ0v) is 18.2. The molecule has 0 fully saturated rings. The predicted molar refractivity (Wildman–Crippen MR) is 121 cm³/mol. The fraction of sp³-hybridized carbons (Fsp3) is 0.0833. The van der Waals surface area contributed by atoms with E-state index < -0.39 is 5.82 Å². The number of aromatic nitrogens is 4. The van der Waals surface area contributed by atoms with Crippen LogP contribution in [0.25, 0.3) is 16.4 Å². The van der Waals surface area contributed by atoms with Crippen LogP contribution in [0.4, 0.5) is 4.39 Å². The standard InChI is InChI=1S/C24H18FN5O2S/c25-18-6-1-7-19(13-18)30-23(21-9-4-12-33-21)27-22(28-30)24(31)29(16-20-8-3-11-32-20)15-17-5-2-10-26-14-17/h1-14H,15-16H2. The molecule has 0 aliphatic heterocycles. The summed E-state index contributed by atoms with van der Waals surface area (Å²) in [6.45, 7) is 0.541. The van der Waals surface area contributed by atoms with Gasteiger partial charge in [0.05, 0.1) is 23.4 Å². The van der Waals surface area contributed by atoms with Crippen molar-refractivity contribution in [3.8, 4) is 16.4 Å². The van der Waals surface area contributed by atoms with Crippen molar-refractivity contribution in [3.05, 3.63) is 108 Å². The third kappa shape index (κ3) is 4.58. The molecule has 0 aliphatic rings. The van der Waals surface area contributed by atoms with E-state index in [1.54, 1.807) is 47.8 Å². The first-order valence-corrected chi connectivity index (χ1v) is 11.0. The van der Waals surface area contributed by atoms with Crippen LogP contribution in [-0.4, -0.2) is 30.6 Å². The van der Waals surface area contributed by atoms with Crippen molar-refractivity contribution < 1.29 is 13.6 Å². The first kappa shape index (κ1) is 20.8. The van der Waals surface area contributed by atoms with E-state index in [1.165, 1.54) is 28.2 Å². The lowest BCUT2D eigenvalue weighted by Crippen LogP contribution is -2.31. The van der Waals surface area contributed by atoms with Crippen molar-refractivity contribution in [2.24, 2.45) is 0 Å². The topological polar surface area (TPSA) is 77.1 Å². The van der Waals surface area contributed by atoms with Gasteiger partial charge in [0.15, 0.2) is 5.82 Å². The van der Waals surface area contributed by atoms with Crippen LogP contribution in [0, 0.1) is 5.82 Å². The number of rotatable bonds is 7. The van der Waals surface area contributed by atoms with E-state index in [4.69, 9.17) is 4.42 Å². The molecule has 0 saturated heterocycles. The molecule has 5 rings (SSSR count). The second-order valence-corrected chi connectivity index (χ2v) is 8.18. The number of amides is 1. The third-order valence-corrected chi connectivity index (χ3v) is 5.77. The molecular formula is C24H18FN5O2S. The number of nitrogens with zero attached hydrogens (tertiary/aromatic N) is 5. The van der Waals surface area contributed by atoms with E-state index in [9.17, 15) is 9.18 Å². The van der Waals surface area contributed by atoms with Gasteiger partial charge in [-0.2, -0.15) is 0 Å². The summed E-state index contributed by atoms with van der Waals surface area (Å²) in [6.07, 6.45) is 4.95. The number of benzene rings is 1. The highest BCUT2D eigenvalue weighted by Gasteiger charge is 2.25. The van der Waals surface area contributed by atoms with E-state index in [2.05, 4.69) is 15.1 Å². The Bertz CT molecular complexity index is 1350. The van der Waals surface area contributed by atoms with Crippen LogP contribution in [0.2, 0.25) is 0 Å². The van der Waals surface area contributed by atoms with Crippen LogP contribution in [0.5, 0.6) is 0 Å². The second-order valence-electron chi connectivity index (χ2n) is 7.23. The molecule has 0 radical (unpaired) electrons. The molecule has 4 heterocycles. The van der Waals surface area contributed by atoms with Crippen molar-refractivity contribution in [1.29, 1.82) is 0 Å². The lowest BCUT2D eigenvalue weighted by molar-refractivity contribution is 0.0705. The molecule has 9 heteroatoms. The Balaban J connectivity index is 1.54. The Morgan fingerprint density at radius 2 is 2.03 bits per heavy atom. The maximum absolute atomic E-state index is 13.9. The van der Waals surface area contributed by atoms with Gasteiger partial charge in [-0.25, -0.2) is 14.1 Å². The summed E-state index contributed by atoms with van der Waals surface area (Å²) >= 11 is 1.46. The first-order valence-electron chi connectivity index (χ1n) is 10.1. The molecule has 1 amide bonds. The van der Waals surface area contributed by atoms with Gasteiger partial charge in [0.2, 0.25) is 5.82 Å². The highest BCUT2D eigenvalue weighted by molar-refractivity contribution is 7.13.